The SMILES string of the molecule is CN(C)c1ncc(-c2ccc(F)cc2)c([C@H]2CCCN2C(=O)c2nccc3ccccc23)n1. The molecule has 6 nitrogen and oxygen atoms in total. The molecule has 33 heavy (non-hydrogen) atoms. The van der Waals surface area contributed by atoms with Crippen LogP contribution in [0.2, 0.25) is 0 Å². The van der Waals surface area contributed by atoms with Crippen LogP contribution in [0.1, 0.15) is 35.1 Å². The Morgan fingerprint density at radius 1 is 1.06 bits per heavy atom. The largest absolute Gasteiger partial charge is 0.347 e. The summed E-state index contributed by atoms with van der Waals surface area (Å²) in [4.78, 5) is 31.2. The van der Waals surface area contributed by atoms with Gasteiger partial charge in [-0.15, -0.1) is 0 Å². The molecular formula is C26H24FN5O. The van der Waals surface area contributed by atoms with Crippen molar-refractivity contribution in [3.05, 3.63) is 84.2 Å². The fourth-order valence-corrected chi connectivity index (χ4v) is 4.43. The molecule has 3 heterocycles. The zero-order valence-electron chi connectivity index (χ0n) is 18.6. The fraction of sp³-hybridized carbons (Fsp3) is 0.231. The predicted molar refractivity (Wildman–Crippen MR) is 127 cm³/mol. The third kappa shape index (κ3) is 3.91. The van der Waals surface area contributed by atoms with Gasteiger partial charge in [0.2, 0.25) is 5.95 Å². The van der Waals surface area contributed by atoms with Crippen molar-refractivity contribution in [3.63, 3.8) is 0 Å². The predicted octanol–water partition coefficient (Wildman–Crippen LogP) is 4.87. The molecule has 1 amide bonds. The number of likely N-dealkylation sites (tertiary alicyclic amines) is 1. The van der Waals surface area contributed by atoms with Gasteiger partial charge in [0.05, 0.1) is 11.7 Å². The van der Waals surface area contributed by atoms with Crippen molar-refractivity contribution < 1.29 is 9.18 Å². The van der Waals surface area contributed by atoms with Crippen LogP contribution in [0.3, 0.4) is 0 Å². The summed E-state index contributed by atoms with van der Waals surface area (Å²) in [6.07, 6.45) is 5.10. The van der Waals surface area contributed by atoms with Gasteiger partial charge in [-0.05, 0) is 42.0 Å². The van der Waals surface area contributed by atoms with Crippen LogP contribution in [0, 0.1) is 5.82 Å². The van der Waals surface area contributed by atoms with Crippen molar-refractivity contribution in [2.45, 2.75) is 18.9 Å². The van der Waals surface area contributed by atoms with Gasteiger partial charge in [-0.25, -0.2) is 14.4 Å². The number of aromatic nitrogens is 3. The molecule has 1 aliphatic rings. The van der Waals surface area contributed by atoms with Gasteiger partial charge in [0.1, 0.15) is 11.5 Å². The number of hydrogen-bond donors (Lipinski definition) is 0. The number of hydrogen-bond acceptors (Lipinski definition) is 5. The Labute approximate surface area is 191 Å². The molecule has 2 aromatic heterocycles. The zero-order chi connectivity index (χ0) is 22.9. The molecule has 4 aromatic rings. The molecule has 1 atom stereocenters. The van der Waals surface area contributed by atoms with Crippen molar-refractivity contribution in [3.8, 4) is 11.1 Å². The third-order valence-corrected chi connectivity index (χ3v) is 6.07. The normalized spacial score (nSPS) is 15.7. The lowest BCUT2D eigenvalue weighted by molar-refractivity contribution is 0.0729. The average molecular weight is 442 g/mol. The van der Waals surface area contributed by atoms with Crippen molar-refractivity contribution in [2.75, 3.05) is 25.5 Å². The lowest BCUT2D eigenvalue weighted by atomic mass is 9.99. The minimum Gasteiger partial charge on any atom is -0.347 e. The van der Waals surface area contributed by atoms with E-state index in [0.29, 0.717) is 18.2 Å². The first kappa shape index (κ1) is 21.0. The lowest BCUT2D eigenvalue weighted by Crippen LogP contribution is -2.32. The number of anilines is 1. The van der Waals surface area contributed by atoms with Crippen molar-refractivity contribution >= 4 is 22.6 Å². The Bertz CT molecular complexity index is 1320. The van der Waals surface area contributed by atoms with Crippen LogP contribution in [0.15, 0.2) is 67.0 Å². The second kappa shape index (κ2) is 8.58. The van der Waals surface area contributed by atoms with E-state index < -0.39 is 0 Å². The van der Waals surface area contributed by atoms with Gasteiger partial charge in [-0.1, -0.05) is 36.4 Å². The Morgan fingerprint density at radius 3 is 2.64 bits per heavy atom. The van der Waals surface area contributed by atoms with Gasteiger partial charge in [0.15, 0.2) is 0 Å². The van der Waals surface area contributed by atoms with E-state index in [0.717, 1.165) is 40.4 Å². The third-order valence-electron chi connectivity index (χ3n) is 6.07. The number of pyridine rings is 1. The highest BCUT2D eigenvalue weighted by atomic mass is 19.1. The first-order chi connectivity index (χ1) is 16.0. The summed E-state index contributed by atoms with van der Waals surface area (Å²) in [7, 11) is 3.77. The number of nitrogens with zero attached hydrogens (tertiary/aromatic N) is 5. The fourth-order valence-electron chi connectivity index (χ4n) is 4.43. The molecule has 0 spiro atoms. The second-order valence-corrected chi connectivity index (χ2v) is 8.41. The minimum atomic E-state index is -0.300. The van der Waals surface area contributed by atoms with Gasteiger partial charge in [-0.2, -0.15) is 0 Å². The number of carbonyl (C=O) groups excluding carboxylic acids is 1. The molecule has 1 aliphatic heterocycles. The highest BCUT2D eigenvalue weighted by Gasteiger charge is 2.35. The van der Waals surface area contributed by atoms with Gasteiger partial charge in [-0.3, -0.25) is 9.78 Å². The molecule has 1 fully saturated rings. The molecule has 0 radical (unpaired) electrons. The summed E-state index contributed by atoms with van der Waals surface area (Å²) < 4.78 is 13.6. The van der Waals surface area contributed by atoms with E-state index in [1.807, 2.05) is 54.2 Å². The number of benzene rings is 2. The van der Waals surface area contributed by atoms with Crippen molar-refractivity contribution in [1.82, 2.24) is 19.9 Å². The van der Waals surface area contributed by atoms with Crippen molar-refractivity contribution in [1.29, 1.82) is 0 Å². The van der Waals surface area contributed by atoms with Crippen LogP contribution in [0.4, 0.5) is 10.3 Å². The highest BCUT2D eigenvalue weighted by Crippen LogP contribution is 2.38. The quantitative estimate of drug-likeness (QED) is 0.452. The molecule has 7 heteroatoms. The maximum absolute atomic E-state index is 13.7. The number of fused-ring (bicyclic) bond motifs is 1. The summed E-state index contributed by atoms with van der Waals surface area (Å²) in [6.45, 7) is 0.624. The van der Waals surface area contributed by atoms with Gasteiger partial charge in [0, 0.05) is 44.0 Å². The van der Waals surface area contributed by atoms with E-state index in [9.17, 15) is 9.18 Å². The topological polar surface area (TPSA) is 62.2 Å². The molecule has 0 aliphatic carbocycles. The van der Waals surface area contributed by atoms with Crippen LogP contribution in [0.25, 0.3) is 21.9 Å². The van der Waals surface area contributed by atoms with E-state index in [1.165, 1.54) is 12.1 Å². The Morgan fingerprint density at radius 2 is 1.85 bits per heavy atom. The lowest BCUT2D eigenvalue weighted by Gasteiger charge is -2.27. The summed E-state index contributed by atoms with van der Waals surface area (Å²) in [5.74, 6) is 0.161. The first-order valence-corrected chi connectivity index (χ1v) is 11.0. The van der Waals surface area contributed by atoms with E-state index in [4.69, 9.17) is 4.98 Å². The van der Waals surface area contributed by atoms with Crippen LogP contribution < -0.4 is 4.90 Å². The van der Waals surface area contributed by atoms with Crippen LogP contribution in [-0.2, 0) is 0 Å². The Hall–Kier alpha value is -3.87. The monoisotopic (exact) mass is 441 g/mol. The molecule has 0 unspecified atom stereocenters. The van der Waals surface area contributed by atoms with E-state index in [-0.39, 0.29) is 17.8 Å². The number of rotatable bonds is 4. The van der Waals surface area contributed by atoms with Gasteiger partial charge in [0.25, 0.3) is 5.91 Å². The summed E-state index contributed by atoms with van der Waals surface area (Å²) in [6, 6.07) is 15.8. The smallest absolute Gasteiger partial charge is 0.273 e. The Kier molecular flexibility index (Phi) is 5.46. The van der Waals surface area contributed by atoms with E-state index >= 15 is 0 Å². The maximum atomic E-state index is 13.7. The van der Waals surface area contributed by atoms with Crippen LogP contribution in [0.5, 0.6) is 0 Å². The molecular weight excluding hydrogens is 417 g/mol. The summed E-state index contributed by atoms with van der Waals surface area (Å²) in [5.41, 5.74) is 2.84. The zero-order valence-corrected chi connectivity index (χ0v) is 18.6. The standard InChI is InChI=1S/C26H24FN5O/c1-31(2)26-29-16-21(18-9-11-19(27)12-10-18)23(30-26)22-8-5-15-32(22)25(33)24-20-7-4-3-6-17(20)13-14-28-24/h3-4,6-7,9-14,16,22H,5,8,15H2,1-2H3/t22-/m1/s1. The first-order valence-electron chi connectivity index (χ1n) is 11.0. The number of carbonyl (C=O) groups is 1. The van der Waals surface area contributed by atoms with Crippen LogP contribution in [-0.4, -0.2) is 46.4 Å². The molecule has 2 aromatic carbocycles. The summed E-state index contributed by atoms with van der Waals surface area (Å²) >= 11 is 0. The van der Waals surface area contributed by atoms with E-state index in [1.54, 1.807) is 24.5 Å². The second-order valence-electron chi connectivity index (χ2n) is 8.41. The Balaban J connectivity index is 1.60. The summed E-state index contributed by atoms with van der Waals surface area (Å²) in [5, 5.41) is 1.82. The van der Waals surface area contributed by atoms with Gasteiger partial charge < -0.3 is 9.80 Å². The average Bonchev–Trinajstić information content (AvgIpc) is 3.33. The highest BCUT2D eigenvalue weighted by molar-refractivity contribution is 6.05. The molecule has 166 valence electrons. The van der Waals surface area contributed by atoms with Gasteiger partial charge >= 0.3 is 0 Å². The molecule has 5 rings (SSSR count). The molecule has 0 N–H and O–H groups in total. The number of amides is 1. The van der Waals surface area contributed by atoms with Crippen molar-refractivity contribution in [2.24, 2.45) is 0 Å². The van der Waals surface area contributed by atoms with Crippen LogP contribution >= 0.6 is 0 Å². The minimum absolute atomic E-state index is 0.107. The maximum Gasteiger partial charge on any atom is 0.273 e. The number of halogens is 1. The molecule has 1 saturated heterocycles. The molecule has 0 saturated carbocycles. The molecule has 0 bridgehead atoms. The van der Waals surface area contributed by atoms with E-state index in [2.05, 4.69) is 9.97 Å².